The molecule has 1 rings (SSSR count). The molecule has 0 fully saturated rings. The molecule has 1 aromatic rings. The van der Waals surface area contributed by atoms with Gasteiger partial charge in [-0.2, -0.15) is 13.1 Å². The number of methoxy groups -OCH3 is 1. The summed E-state index contributed by atoms with van der Waals surface area (Å²) < 4.78 is 32.8. The molecule has 1 aromatic carbocycles. The van der Waals surface area contributed by atoms with Gasteiger partial charge in [-0.15, -0.1) is 0 Å². The Morgan fingerprint density at radius 2 is 1.62 bits per heavy atom. The van der Waals surface area contributed by atoms with E-state index in [9.17, 15) is 33.4 Å². The van der Waals surface area contributed by atoms with Gasteiger partial charge in [0, 0.05) is 11.6 Å². The summed E-state index contributed by atoms with van der Waals surface area (Å²) in [6.45, 7) is 11.3. The third kappa shape index (κ3) is 8.69. The number of nitrogens with zero attached hydrogens (tertiary/aromatic N) is 3. The number of nitro groups is 2. The number of nitrogens with one attached hydrogen (secondary N) is 1. The number of ether oxygens (including phenoxy) is 1. The highest BCUT2D eigenvalue weighted by Crippen LogP contribution is 2.35. The highest BCUT2D eigenvalue weighted by molar-refractivity contribution is 7.85. The molecule has 0 aliphatic carbocycles. The smallest absolute Gasteiger partial charge is 0.423 e. The maximum atomic E-state index is 11.5. The fourth-order valence-electron chi connectivity index (χ4n) is 2.03. The first-order valence-electron chi connectivity index (χ1n) is 8.38. The number of aryl methyl sites for hydroxylation is 1. The van der Waals surface area contributed by atoms with E-state index < -0.39 is 43.4 Å². The van der Waals surface area contributed by atoms with Crippen molar-refractivity contribution >= 4 is 27.8 Å². The first kappa shape index (κ1) is 26.0. The number of non-ortho nitro benzene ring substituents is 1. The second-order valence-corrected chi connectivity index (χ2v) is 6.65. The van der Waals surface area contributed by atoms with Crippen LogP contribution in [0.15, 0.2) is 12.1 Å². The predicted molar refractivity (Wildman–Crippen MR) is 103 cm³/mol. The molecule has 0 radical (unpaired) electrons. The van der Waals surface area contributed by atoms with Crippen molar-refractivity contribution in [3.63, 3.8) is 0 Å². The van der Waals surface area contributed by atoms with Crippen molar-refractivity contribution in [3.8, 4) is 5.75 Å². The number of carbonyl (C=O) groups excluding carboxylic acids is 1. The summed E-state index contributed by atoms with van der Waals surface area (Å²) >= 11 is 0. The predicted octanol–water partition coefficient (Wildman–Crippen LogP) is 2.14. The second kappa shape index (κ2) is 11.8. The Morgan fingerprint density at radius 1 is 1.10 bits per heavy atom. The largest absolute Gasteiger partial charge is 0.452 e. The number of benzene rings is 1. The zero-order chi connectivity index (χ0) is 22.8. The molecule has 13 nitrogen and oxygen atoms in total. The van der Waals surface area contributed by atoms with Crippen LogP contribution in [0.2, 0.25) is 0 Å². The lowest BCUT2D eigenvalue weighted by molar-refractivity contribution is -0.394. The van der Waals surface area contributed by atoms with Crippen LogP contribution in [0.25, 0.3) is 0 Å². The monoisotopic (exact) mass is 436 g/mol. The molecule has 0 aliphatic heterocycles. The van der Waals surface area contributed by atoms with E-state index in [0.717, 1.165) is 13.2 Å². The Morgan fingerprint density at radius 3 is 1.97 bits per heavy atom. The van der Waals surface area contributed by atoms with Crippen LogP contribution in [0, 0.1) is 27.2 Å². The van der Waals surface area contributed by atoms with Gasteiger partial charge >= 0.3 is 22.1 Å². The van der Waals surface area contributed by atoms with E-state index in [1.165, 1.54) is 31.3 Å². The lowest BCUT2D eigenvalue weighted by atomic mass is 10.1. The quantitative estimate of drug-likeness (QED) is 0.470. The molecule has 1 N–H and O–H groups in total. The van der Waals surface area contributed by atoms with Crippen LogP contribution < -0.4 is 8.91 Å². The molecule has 1 amide bonds. The molecule has 0 unspecified atom stereocenters. The first-order valence-corrected chi connectivity index (χ1v) is 9.79. The molecule has 0 atom stereocenters. The van der Waals surface area contributed by atoms with E-state index in [1.54, 1.807) is 0 Å². The van der Waals surface area contributed by atoms with Crippen LogP contribution >= 0.6 is 0 Å². The van der Waals surface area contributed by atoms with Crippen LogP contribution in [0.4, 0.5) is 16.2 Å². The average Bonchev–Trinajstić information content (AvgIpc) is 2.64. The molecule has 0 aromatic heterocycles. The topological polar surface area (TPSA) is 171 Å². The SMILES string of the molecule is CCN(CC)CC.COC(=O)NS(=O)(=O)Oc1c(C)cc([N+](=O)[O-])cc1[N+](=O)[O-]. The van der Waals surface area contributed by atoms with Gasteiger partial charge in [-0.1, -0.05) is 20.8 Å². The Bertz CT molecular complexity index is 833. The molecule has 0 saturated heterocycles. The highest BCUT2D eigenvalue weighted by atomic mass is 32.2. The van der Waals surface area contributed by atoms with Gasteiger partial charge < -0.3 is 13.8 Å². The normalized spacial score (nSPS) is 10.6. The van der Waals surface area contributed by atoms with Crippen molar-refractivity contribution in [2.75, 3.05) is 26.7 Å². The number of hydrogen-bond acceptors (Lipinski definition) is 10. The Balaban J connectivity index is 0.000000956. The summed E-state index contributed by atoms with van der Waals surface area (Å²) in [5.41, 5.74) is -1.74. The second-order valence-electron chi connectivity index (χ2n) is 5.38. The van der Waals surface area contributed by atoms with Crippen molar-refractivity contribution in [2.24, 2.45) is 0 Å². The molecule has 164 valence electrons. The van der Waals surface area contributed by atoms with Crippen molar-refractivity contribution in [1.82, 2.24) is 9.62 Å². The third-order valence-electron chi connectivity index (χ3n) is 3.58. The fourth-order valence-corrected chi connectivity index (χ4v) is 2.80. The Hall–Kier alpha value is -3.00. The minimum atomic E-state index is -4.76. The molecule has 0 saturated carbocycles. The zero-order valence-corrected chi connectivity index (χ0v) is 17.5. The van der Waals surface area contributed by atoms with Crippen LogP contribution in [0.1, 0.15) is 26.3 Å². The van der Waals surface area contributed by atoms with Crippen molar-refractivity contribution in [3.05, 3.63) is 37.9 Å². The number of nitro benzene ring substituents is 2. The van der Waals surface area contributed by atoms with Gasteiger partial charge in [-0.3, -0.25) is 20.2 Å². The summed E-state index contributed by atoms with van der Waals surface area (Å²) in [5, 5.41) is 21.6. The van der Waals surface area contributed by atoms with Gasteiger partial charge in [-0.05, 0) is 26.6 Å². The number of amides is 1. The van der Waals surface area contributed by atoms with E-state index in [4.69, 9.17) is 0 Å². The molecule has 0 bridgehead atoms. The summed E-state index contributed by atoms with van der Waals surface area (Å²) in [5.74, 6) is -0.757. The molecule has 0 heterocycles. The lowest BCUT2D eigenvalue weighted by Crippen LogP contribution is -2.34. The minimum Gasteiger partial charge on any atom is -0.452 e. The van der Waals surface area contributed by atoms with E-state index in [1.807, 2.05) is 0 Å². The van der Waals surface area contributed by atoms with Gasteiger partial charge in [0.2, 0.25) is 5.75 Å². The van der Waals surface area contributed by atoms with Gasteiger partial charge in [0.05, 0.1) is 23.0 Å². The summed E-state index contributed by atoms with van der Waals surface area (Å²) in [4.78, 5) is 32.9. The fraction of sp³-hybridized carbons (Fsp3) is 0.533. The maximum absolute atomic E-state index is 11.5. The molecule has 0 aliphatic rings. The van der Waals surface area contributed by atoms with Gasteiger partial charge in [-0.25, -0.2) is 4.79 Å². The third-order valence-corrected chi connectivity index (χ3v) is 4.38. The van der Waals surface area contributed by atoms with Crippen LogP contribution in [0.3, 0.4) is 0 Å². The van der Waals surface area contributed by atoms with Gasteiger partial charge in [0.15, 0.2) is 0 Å². The van der Waals surface area contributed by atoms with Crippen molar-refractivity contribution in [2.45, 2.75) is 27.7 Å². The maximum Gasteiger partial charge on any atom is 0.423 e. The molecule has 29 heavy (non-hydrogen) atoms. The van der Waals surface area contributed by atoms with Crippen LogP contribution in [-0.4, -0.2) is 56.0 Å². The zero-order valence-electron chi connectivity index (χ0n) is 16.7. The van der Waals surface area contributed by atoms with E-state index in [0.29, 0.717) is 6.07 Å². The first-order chi connectivity index (χ1) is 13.4. The van der Waals surface area contributed by atoms with Crippen molar-refractivity contribution in [1.29, 1.82) is 0 Å². The summed E-state index contributed by atoms with van der Waals surface area (Å²) in [7, 11) is -3.86. The van der Waals surface area contributed by atoms with E-state index >= 15 is 0 Å². The summed E-state index contributed by atoms with van der Waals surface area (Å²) in [6.07, 6.45) is -1.37. The molecule has 0 spiro atoms. The van der Waals surface area contributed by atoms with Gasteiger partial charge in [0.25, 0.3) is 5.69 Å². The van der Waals surface area contributed by atoms with E-state index in [2.05, 4.69) is 34.6 Å². The number of carbonyl (C=O) groups is 1. The average molecular weight is 436 g/mol. The molecular weight excluding hydrogens is 412 g/mol. The number of hydrogen-bond donors (Lipinski definition) is 1. The van der Waals surface area contributed by atoms with Crippen molar-refractivity contribution < 1.29 is 32.0 Å². The molecular formula is C15H24N4O9S. The Kier molecular flexibility index (Phi) is 10.5. The minimum absolute atomic E-state index is 0.184. The summed E-state index contributed by atoms with van der Waals surface area (Å²) in [6, 6.07) is 1.42. The molecule has 14 heteroatoms. The standard InChI is InChI=1S/C9H9N3O9S.C6H15N/c1-5-3-6(11(14)15)4-7(12(16)17)8(5)21-22(18,19)10-9(13)20-2;1-4-7(5-2)6-3/h3-4H,1-2H3,(H,10,13);4-6H2,1-3H3. The highest BCUT2D eigenvalue weighted by Gasteiger charge is 2.28. The lowest BCUT2D eigenvalue weighted by Gasteiger charge is -2.13. The van der Waals surface area contributed by atoms with E-state index in [-0.39, 0.29) is 5.56 Å². The Labute approximate surface area is 168 Å². The van der Waals surface area contributed by atoms with Gasteiger partial charge in [0.1, 0.15) is 0 Å². The number of rotatable bonds is 8. The van der Waals surface area contributed by atoms with Crippen LogP contribution in [-0.2, 0) is 15.0 Å². The van der Waals surface area contributed by atoms with Crippen LogP contribution in [0.5, 0.6) is 5.75 Å².